The van der Waals surface area contributed by atoms with E-state index in [4.69, 9.17) is 4.74 Å². The molecule has 0 aromatic carbocycles. The molecule has 0 amide bonds. The van der Waals surface area contributed by atoms with Crippen LogP contribution in [0.5, 0.6) is 0 Å². The van der Waals surface area contributed by atoms with Gasteiger partial charge in [-0.25, -0.2) is 4.79 Å². The van der Waals surface area contributed by atoms with Crippen LogP contribution in [0.4, 0.5) is 0 Å². The van der Waals surface area contributed by atoms with Crippen molar-refractivity contribution < 1.29 is 9.53 Å². The van der Waals surface area contributed by atoms with Gasteiger partial charge in [0, 0.05) is 18.7 Å². The summed E-state index contributed by atoms with van der Waals surface area (Å²) in [5.41, 5.74) is 1.28. The van der Waals surface area contributed by atoms with E-state index in [1.54, 1.807) is 18.3 Å². The molecule has 6 heteroatoms. The van der Waals surface area contributed by atoms with Crippen LogP contribution in [-0.2, 0) is 4.74 Å². The number of piperidine rings is 1. The molecule has 1 saturated heterocycles. The van der Waals surface area contributed by atoms with Crippen molar-refractivity contribution >= 4 is 11.6 Å². The van der Waals surface area contributed by atoms with Gasteiger partial charge in [0.1, 0.15) is 5.82 Å². The minimum Gasteiger partial charge on any atom is -0.465 e. The molecule has 0 saturated carbocycles. The van der Waals surface area contributed by atoms with Gasteiger partial charge in [-0.1, -0.05) is 0 Å². The lowest BCUT2D eigenvalue weighted by molar-refractivity contribution is 0.0600. The van der Waals surface area contributed by atoms with Gasteiger partial charge in [0.05, 0.1) is 12.7 Å². The maximum atomic E-state index is 11.6. The Kier molecular flexibility index (Phi) is 3.40. The summed E-state index contributed by atoms with van der Waals surface area (Å²) < 4.78 is 6.68. The van der Waals surface area contributed by atoms with Crippen LogP contribution in [0.15, 0.2) is 18.3 Å². The Hall–Kier alpha value is -1.95. The van der Waals surface area contributed by atoms with Gasteiger partial charge in [0.15, 0.2) is 5.65 Å². The van der Waals surface area contributed by atoms with Gasteiger partial charge in [-0.3, -0.25) is 4.40 Å². The first-order valence-electron chi connectivity index (χ1n) is 6.80. The van der Waals surface area contributed by atoms with Gasteiger partial charge in [-0.2, -0.15) is 0 Å². The lowest BCUT2D eigenvalue weighted by atomic mass is 9.98. The third-order valence-electron chi connectivity index (χ3n) is 3.84. The summed E-state index contributed by atoms with van der Waals surface area (Å²) in [5, 5.41) is 8.50. The largest absolute Gasteiger partial charge is 0.465 e. The molecule has 2 aromatic heterocycles. The first-order valence-corrected chi connectivity index (χ1v) is 6.80. The fourth-order valence-corrected chi connectivity index (χ4v) is 2.80. The first kappa shape index (κ1) is 13.1. The van der Waals surface area contributed by atoms with Crippen molar-refractivity contribution in [3.63, 3.8) is 0 Å². The molecule has 20 heavy (non-hydrogen) atoms. The van der Waals surface area contributed by atoms with E-state index in [1.165, 1.54) is 7.11 Å². The Labute approximate surface area is 117 Å². The van der Waals surface area contributed by atoms with Crippen LogP contribution in [0, 0.1) is 0 Å². The van der Waals surface area contributed by atoms with E-state index in [1.807, 2.05) is 4.40 Å². The normalized spacial score (nSPS) is 20.2. The van der Waals surface area contributed by atoms with Crippen LogP contribution in [0.1, 0.15) is 34.9 Å². The topological polar surface area (TPSA) is 59.7 Å². The average molecular weight is 274 g/mol. The summed E-state index contributed by atoms with van der Waals surface area (Å²) >= 11 is 0. The van der Waals surface area contributed by atoms with Crippen molar-refractivity contribution in [1.82, 2.24) is 19.5 Å². The number of aromatic nitrogens is 3. The van der Waals surface area contributed by atoms with E-state index < -0.39 is 0 Å². The fraction of sp³-hybridized carbons (Fsp3) is 0.500. The Balaban J connectivity index is 2.00. The monoisotopic (exact) mass is 274 g/mol. The molecule has 1 atom stereocenters. The van der Waals surface area contributed by atoms with Crippen LogP contribution in [0.2, 0.25) is 0 Å². The van der Waals surface area contributed by atoms with Crippen molar-refractivity contribution in [2.75, 3.05) is 27.2 Å². The minimum absolute atomic E-state index is 0.340. The summed E-state index contributed by atoms with van der Waals surface area (Å²) in [6.45, 7) is 2.10. The number of nitrogens with zero attached hydrogens (tertiary/aromatic N) is 4. The van der Waals surface area contributed by atoms with E-state index >= 15 is 0 Å². The number of methoxy groups -OCH3 is 1. The number of rotatable bonds is 2. The van der Waals surface area contributed by atoms with E-state index in [-0.39, 0.29) is 5.97 Å². The van der Waals surface area contributed by atoms with Gasteiger partial charge in [-0.05, 0) is 38.6 Å². The number of ether oxygens (including phenoxy) is 1. The molecule has 0 N–H and O–H groups in total. The first-order chi connectivity index (χ1) is 9.69. The molecule has 3 rings (SSSR count). The molecule has 0 aliphatic carbocycles. The highest BCUT2D eigenvalue weighted by molar-refractivity contribution is 5.89. The molecular weight excluding hydrogens is 256 g/mol. The molecule has 106 valence electrons. The Morgan fingerprint density at radius 1 is 1.40 bits per heavy atom. The fourth-order valence-electron chi connectivity index (χ4n) is 2.80. The summed E-state index contributed by atoms with van der Waals surface area (Å²) in [4.78, 5) is 13.9. The number of hydrogen-bond donors (Lipinski definition) is 0. The van der Waals surface area contributed by atoms with Gasteiger partial charge in [-0.15, -0.1) is 10.2 Å². The van der Waals surface area contributed by atoms with Gasteiger partial charge in [0.25, 0.3) is 0 Å². The highest BCUT2D eigenvalue weighted by atomic mass is 16.5. The zero-order valence-corrected chi connectivity index (χ0v) is 11.7. The molecule has 1 fully saturated rings. The molecule has 0 bridgehead atoms. The van der Waals surface area contributed by atoms with Crippen molar-refractivity contribution in [1.29, 1.82) is 0 Å². The smallest absolute Gasteiger partial charge is 0.339 e. The number of pyridine rings is 1. The van der Waals surface area contributed by atoms with Crippen molar-refractivity contribution in [2.24, 2.45) is 0 Å². The second-order valence-corrected chi connectivity index (χ2v) is 5.30. The molecule has 2 aromatic rings. The maximum absolute atomic E-state index is 11.6. The van der Waals surface area contributed by atoms with E-state index in [9.17, 15) is 4.79 Å². The average Bonchev–Trinajstić information content (AvgIpc) is 2.89. The SMILES string of the molecule is COC(=O)c1ccc2nnc(C3CCCN(C)C3)n2c1. The molecule has 1 aliphatic rings. The zero-order valence-electron chi connectivity index (χ0n) is 11.7. The summed E-state index contributed by atoms with van der Waals surface area (Å²) in [7, 11) is 3.50. The second kappa shape index (κ2) is 5.20. The molecule has 0 spiro atoms. The Morgan fingerprint density at radius 2 is 2.25 bits per heavy atom. The summed E-state index contributed by atoms with van der Waals surface area (Å²) in [6, 6.07) is 3.52. The van der Waals surface area contributed by atoms with Crippen LogP contribution in [0.3, 0.4) is 0 Å². The highest BCUT2D eigenvalue weighted by Gasteiger charge is 2.23. The summed E-state index contributed by atoms with van der Waals surface area (Å²) in [6.07, 6.45) is 4.03. The molecule has 1 unspecified atom stereocenters. The summed E-state index contributed by atoms with van der Waals surface area (Å²) in [5.74, 6) is 0.946. The third-order valence-corrected chi connectivity index (χ3v) is 3.84. The number of carbonyl (C=O) groups is 1. The molecule has 1 aliphatic heterocycles. The predicted octanol–water partition coefficient (Wildman–Crippen LogP) is 1.33. The van der Waals surface area contributed by atoms with Gasteiger partial charge >= 0.3 is 5.97 Å². The van der Waals surface area contributed by atoms with E-state index in [0.717, 1.165) is 37.4 Å². The lowest BCUT2D eigenvalue weighted by Gasteiger charge is -2.28. The quantitative estimate of drug-likeness (QED) is 0.773. The van der Waals surface area contributed by atoms with Crippen molar-refractivity contribution in [3.05, 3.63) is 29.7 Å². The van der Waals surface area contributed by atoms with E-state index in [0.29, 0.717) is 11.5 Å². The molecular formula is C14H18N4O2. The van der Waals surface area contributed by atoms with Crippen LogP contribution >= 0.6 is 0 Å². The number of hydrogen-bond acceptors (Lipinski definition) is 5. The minimum atomic E-state index is -0.340. The maximum Gasteiger partial charge on any atom is 0.339 e. The Morgan fingerprint density at radius 3 is 3.00 bits per heavy atom. The zero-order chi connectivity index (χ0) is 14.1. The number of fused-ring (bicyclic) bond motifs is 1. The number of likely N-dealkylation sites (tertiary alicyclic amines) is 1. The van der Waals surface area contributed by atoms with Gasteiger partial charge in [0.2, 0.25) is 0 Å². The Bertz CT molecular complexity index is 637. The van der Waals surface area contributed by atoms with Gasteiger partial charge < -0.3 is 9.64 Å². The number of esters is 1. The standard InChI is InChI=1S/C14H18N4O2/c1-17-7-3-4-10(8-17)13-16-15-12-6-5-11(9-18(12)13)14(19)20-2/h5-6,9-10H,3-4,7-8H2,1-2H3. The molecule has 6 nitrogen and oxygen atoms in total. The van der Waals surface area contributed by atoms with Crippen molar-refractivity contribution in [2.45, 2.75) is 18.8 Å². The lowest BCUT2D eigenvalue weighted by Crippen LogP contribution is -2.31. The van der Waals surface area contributed by atoms with Crippen LogP contribution < -0.4 is 0 Å². The van der Waals surface area contributed by atoms with Crippen LogP contribution in [-0.4, -0.2) is 52.7 Å². The van der Waals surface area contributed by atoms with Crippen molar-refractivity contribution in [3.8, 4) is 0 Å². The molecule has 0 radical (unpaired) electrons. The van der Waals surface area contributed by atoms with Crippen LogP contribution in [0.25, 0.3) is 5.65 Å². The number of carbonyl (C=O) groups excluding carboxylic acids is 1. The van der Waals surface area contributed by atoms with E-state index in [2.05, 4.69) is 22.1 Å². The predicted molar refractivity (Wildman–Crippen MR) is 73.8 cm³/mol. The third kappa shape index (κ3) is 2.27. The second-order valence-electron chi connectivity index (χ2n) is 5.30. The molecule has 3 heterocycles. The number of likely N-dealkylation sites (N-methyl/N-ethyl adjacent to an activating group) is 1. The highest BCUT2D eigenvalue weighted by Crippen LogP contribution is 2.25.